The number of benzene rings is 1. The van der Waals surface area contributed by atoms with Crippen LogP contribution in [-0.2, 0) is 0 Å². The summed E-state index contributed by atoms with van der Waals surface area (Å²) >= 11 is 2.88. The number of alkyl halides is 4. The maximum Gasteiger partial charge on any atom is 0.390 e. The van der Waals surface area contributed by atoms with Gasteiger partial charge in [0, 0.05) is 5.56 Å². The van der Waals surface area contributed by atoms with Gasteiger partial charge in [0.1, 0.15) is 11.6 Å². The number of hydrogen-bond acceptors (Lipinski definition) is 1. The molecule has 6 heteroatoms. The molecule has 1 aromatic rings. The van der Waals surface area contributed by atoms with Crippen LogP contribution < -0.4 is 4.74 Å². The molecule has 1 rings (SSSR count). The Balaban J connectivity index is 2.97. The second-order valence-electron chi connectivity index (χ2n) is 3.17. The topological polar surface area (TPSA) is 9.23 Å². The molecule has 0 aromatic heterocycles. The molecule has 0 aliphatic carbocycles. The second-order valence-corrected chi connectivity index (χ2v) is 4.28. The Labute approximate surface area is 98.5 Å². The molecule has 1 nitrogen and oxygen atoms in total. The first-order chi connectivity index (χ1) is 7.33. The molecule has 1 unspecified atom stereocenters. The molecule has 0 saturated heterocycles. The van der Waals surface area contributed by atoms with E-state index in [4.69, 9.17) is 4.74 Å². The van der Waals surface area contributed by atoms with Gasteiger partial charge in [-0.1, -0.05) is 15.9 Å². The van der Waals surface area contributed by atoms with Crippen LogP contribution in [0.4, 0.5) is 17.6 Å². The van der Waals surface area contributed by atoms with Crippen LogP contribution in [0.25, 0.3) is 0 Å². The lowest BCUT2D eigenvalue weighted by atomic mass is 10.1. The third-order valence-corrected chi connectivity index (χ3v) is 2.76. The van der Waals surface area contributed by atoms with E-state index in [1.807, 2.05) is 0 Å². The van der Waals surface area contributed by atoms with E-state index in [0.29, 0.717) is 0 Å². The summed E-state index contributed by atoms with van der Waals surface area (Å²) in [5.41, 5.74) is 0.153. The molecule has 16 heavy (non-hydrogen) atoms. The Kier molecular flexibility index (Phi) is 4.18. The highest BCUT2D eigenvalue weighted by Crippen LogP contribution is 2.39. The maximum atomic E-state index is 12.9. The first kappa shape index (κ1) is 13.3. The molecule has 1 atom stereocenters. The quantitative estimate of drug-likeness (QED) is 0.600. The smallest absolute Gasteiger partial charge is 0.390 e. The molecule has 0 heterocycles. The van der Waals surface area contributed by atoms with Crippen molar-refractivity contribution < 1.29 is 22.3 Å². The summed E-state index contributed by atoms with van der Waals surface area (Å²) in [6, 6.07) is 3.47. The summed E-state index contributed by atoms with van der Waals surface area (Å²) in [5, 5.41) is 0. The molecule has 0 radical (unpaired) electrons. The fourth-order valence-corrected chi connectivity index (χ4v) is 1.99. The van der Waals surface area contributed by atoms with Crippen LogP contribution >= 0.6 is 15.9 Å². The molecule has 0 N–H and O–H groups in total. The minimum absolute atomic E-state index is 0.153. The lowest BCUT2D eigenvalue weighted by Crippen LogP contribution is -2.11. The van der Waals surface area contributed by atoms with Crippen molar-refractivity contribution in [3.63, 3.8) is 0 Å². The van der Waals surface area contributed by atoms with Gasteiger partial charge in [-0.15, -0.1) is 0 Å². The van der Waals surface area contributed by atoms with Crippen molar-refractivity contribution in [1.29, 1.82) is 0 Å². The lowest BCUT2D eigenvalue weighted by Gasteiger charge is -2.15. The van der Waals surface area contributed by atoms with E-state index in [1.165, 1.54) is 13.2 Å². The minimum Gasteiger partial charge on any atom is -0.496 e. The van der Waals surface area contributed by atoms with Gasteiger partial charge in [0.05, 0.1) is 18.4 Å². The Morgan fingerprint density at radius 3 is 2.50 bits per heavy atom. The molecule has 0 fully saturated rings. The molecule has 90 valence electrons. The fraction of sp³-hybridized carbons (Fsp3) is 0.400. The van der Waals surface area contributed by atoms with Gasteiger partial charge >= 0.3 is 6.18 Å². The Hall–Kier alpha value is -0.780. The zero-order valence-corrected chi connectivity index (χ0v) is 9.90. The van der Waals surface area contributed by atoms with Crippen LogP contribution in [0.2, 0.25) is 0 Å². The van der Waals surface area contributed by atoms with Crippen LogP contribution in [0.15, 0.2) is 18.2 Å². The van der Waals surface area contributed by atoms with Crippen LogP contribution in [0.1, 0.15) is 16.8 Å². The van der Waals surface area contributed by atoms with Gasteiger partial charge in [-0.2, -0.15) is 13.2 Å². The maximum absolute atomic E-state index is 12.9. The summed E-state index contributed by atoms with van der Waals surface area (Å²) in [5.74, 6) is -0.366. The average molecular weight is 301 g/mol. The van der Waals surface area contributed by atoms with E-state index in [2.05, 4.69) is 15.9 Å². The van der Waals surface area contributed by atoms with Crippen molar-refractivity contribution in [2.45, 2.75) is 17.4 Å². The zero-order valence-electron chi connectivity index (χ0n) is 8.31. The number of hydrogen-bond donors (Lipinski definition) is 0. The Bertz CT molecular complexity index is 364. The molecule has 0 amide bonds. The van der Waals surface area contributed by atoms with Crippen molar-refractivity contribution >= 4 is 15.9 Å². The van der Waals surface area contributed by atoms with Crippen molar-refractivity contribution in [2.75, 3.05) is 7.11 Å². The molecular weight excluding hydrogens is 292 g/mol. The summed E-state index contributed by atoms with van der Waals surface area (Å²) in [7, 11) is 1.32. The van der Waals surface area contributed by atoms with E-state index in [1.54, 1.807) is 0 Å². The monoisotopic (exact) mass is 300 g/mol. The van der Waals surface area contributed by atoms with E-state index in [9.17, 15) is 17.6 Å². The number of methoxy groups -OCH3 is 1. The van der Waals surface area contributed by atoms with Crippen LogP contribution in [0.5, 0.6) is 5.75 Å². The van der Waals surface area contributed by atoms with Crippen molar-refractivity contribution in [3.05, 3.63) is 29.6 Å². The van der Waals surface area contributed by atoms with E-state index >= 15 is 0 Å². The van der Waals surface area contributed by atoms with E-state index in [-0.39, 0.29) is 11.3 Å². The summed E-state index contributed by atoms with van der Waals surface area (Å²) < 4.78 is 54.3. The largest absolute Gasteiger partial charge is 0.496 e. The normalized spacial score (nSPS) is 13.6. The average Bonchev–Trinajstić information content (AvgIpc) is 2.15. The highest BCUT2D eigenvalue weighted by Gasteiger charge is 2.32. The number of rotatable bonds is 3. The number of halogens is 5. The second kappa shape index (κ2) is 5.03. The van der Waals surface area contributed by atoms with Gasteiger partial charge in [0.15, 0.2) is 0 Å². The lowest BCUT2D eigenvalue weighted by molar-refractivity contribution is -0.134. The highest BCUT2D eigenvalue weighted by molar-refractivity contribution is 9.09. The highest BCUT2D eigenvalue weighted by atomic mass is 79.9. The molecule has 0 spiro atoms. The predicted molar refractivity (Wildman–Crippen MR) is 55.3 cm³/mol. The third kappa shape index (κ3) is 3.66. The molecule has 0 aliphatic heterocycles. The van der Waals surface area contributed by atoms with Gasteiger partial charge in [0.25, 0.3) is 0 Å². The van der Waals surface area contributed by atoms with Crippen molar-refractivity contribution in [1.82, 2.24) is 0 Å². The van der Waals surface area contributed by atoms with Gasteiger partial charge in [-0.3, -0.25) is 0 Å². The zero-order chi connectivity index (χ0) is 12.3. The minimum atomic E-state index is -4.31. The van der Waals surface area contributed by atoms with Crippen molar-refractivity contribution in [3.8, 4) is 5.75 Å². The van der Waals surface area contributed by atoms with Crippen LogP contribution in [0, 0.1) is 5.82 Å². The molecule has 0 saturated carbocycles. The summed E-state index contributed by atoms with van der Waals surface area (Å²) in [4.78, 5) is -1.02. The Morgan fingerprint density at radius 2 is 2.00 bits per heavy atom. The predicted octanol–water partition coefficient (Wildman–Crippen LogP) is 4.22. The van der Waals surface area contributed by atoms with Crippen molar-refractivity contribution in [2.24, 2.45) is 0 Å². The molecule has 0 bridgehead atoms. The van der Waals surface area contributed by atoms with Gasteiger partial charge < -0.3 is 4.74 Å². The molecule has 0 aliphatic rings. The van der Waals surface area contributed by atoms with Crippen LogP contribution in [-0.4, -0.2) is 13.3 Å². The van der Waals surface area contributed by atoms with Gasteiger partial charge in [-0.05, 0) is 18.2 Å². The standard InChI is InChI=1S/C10H9BrF4O/c1-16-9-3-2-6(12)4-7(9)8(11)5-10(13,14)15/h2-4,8H,5H2,1H3. The van der Waals surface area contributed by atoms with Gasteiger partial charge in [-0.25, -0.2) is 4.39 Å². The molecular formula is C10H9BrF4O. The third-order valence-electron chi connectivity index (χ3n) is 1.94. The first-order valence-electron chi connectivity index (χ1n) is 4.38. The fourth-order valence-electron chi connectivity index (χ4n) is 1.26. The van der Waals surface area contributed by atoms with Gasteiger partial charge in [0.2, 0.25) is 0 Å². The van der Waals surface area contributed by atoms with E-state index < -0.39 is 23.2 Å². The summed E-state index contributed by atoms with van der Waals surface area (Å²) in [6.45, 7) is 0. The van der Waals surface area contributed by atoms with Crippen LogP contribution in [0.3, 0.4) is 0 Å². The summed E-state index contributed by atoms with van der Waals surface area (Å²) in [6.07, 6.45) is -5.39. The molecule has 1 aromatic carbocycles. The number of ether oxygens (including phenoxy) is 1. The SMILES string of the molecule is COc1ccc(F)cc1C(Br)CC(F)(F)F. The Morgan fingerprint density at radius 1 is 1.38 bits per heavy atom. The van der Waals surface area contributed by atoms with E-state index in [0.717, 1.165) is 12.1 Å². The first-order valence-corrected chi connectivity index (χ1v) is 5.29.